The van der Waals surface area contributed by atoms with Crippen LogP contribution in [0.3, 0.4) is 0 Å². The van der Waals surface area contributed by atoms with Gasteiger partial charge in [-0.25, -0.2) is 0 Å². The monoisotopic (exact) mass is 452 g/mol. The van der Waals surface area contributed by atoms with E-state index in [2.05, 4.69) is 0 Å². The summed E-state index contributed by atoms with van der Waals surface area (Å²) in [7, 11) is 0. The first-order chi connectivity index (χ1) is 16.1. The second kappa shape index (κ2) is 12.5. The molecule has 1 aliphatic rings. The molecule has 7 nitrogen and oxygen atoms in total. The summed E-state index contributed by atoms with van der Waals surface area (Å²) in [6.45, 7) is 7.35. The number of hydrogen-bond acceptors (Lipinski definition) is 5. The summed E-state index contributed by atoms with van der Waals surface area (Å²) >= 11 is 0. The number of rotatable bonds is 10. The fraction of sp³-hybridized carbons (Fsp3) is 0.385. The van der Waals surface area contributed by atoms with Crippen molar-refractivity contribution in [1.29, 1.82) is 0 Å². The molecule has 2 aromatic carbocycles. The minimum Gasteiger partial charge on any atom is -0.490 e. The molecule has 0 saturated carbocycles. The minimum absolute atomic E-state index is 0.0602. The van der Waals surface area contributed by atoms with Crippen LogP contribution >= 0.6 is 0 Å². The predicted molar refractivity (Wildman–Crippen MR) is 128 cm³/mol. The highest BCUT2D eigenvalue weighted by molar-refractivity contribution is 5.92. The Morgan fingerprint density at radius 1 is 0.848 bits per heavy atom. The number of amides is 2. The van der Waals surface area contributed by atoms with Crippen LogP contribution in [-0.2, 0) is 9.59 Å². The fourth-order valence-electron chi connectivity index (χ4n) is 3.52. The third-order valence-corrected chi connectivity index (χ3v) is 5.29. The zero-order valence-electron chi connectivity index (χ0n) is 19.4. The lowest BCUT2D eigenvalue weighted by atomic mass is 10.1. The lowest BCUT2D eigenvalue weighted by Gasteiger charge is -2.34. The molecule has 0 bridgehead atoms. The normalized spacial score (nSPS) is 13.8. The van der Waals surface area contributed by atoms with Gasteiger partial charge in [-0.3, -0.25) is 9.59 Å². The molecule has 0 unspecified atom stereocenters. The van der Waals surface area contributed by atoms with E-state index in [0.717, 1.165) is 11.3 Å². The SMILES string of the molecule is CCOc1cc(/C=C/C(=O)N2CCN(C(=O)CC)CC2)ccc1OCCOc1ccccc1. The molecule has 2 aromatic rings. The molecule has 0 N–H and O–H groups in total. The number of hydrogen-bond donors (Lipinski definition) is 0. The van der Waals surface area contributed by atoms with Crippen LogP contribution in [0.15, 0.2) is 54.6 Å². The van der Waals surface area contributed by atoms with Gasteiger partial charge in [0.2, 0.25) is 11.8 Å². The zero-order valence-corrected chi connectivity index (χ0v) is 19.4. The Morgan fingerprint density at radius 2 is 1.55 bits per heavy atom. The molecule has 1 saturated heterocycles. The van der Waals surface area contributed by atoms with E-state index in [-0.39, 0.29) is 11.8 Å². The average molecular weight is 453 g/mol. The van der Waals surface area contributed by atoms with Crippen molar-refractivity contribution in [2.24, 2.45) is 0 Å². The minimum atomic E-state index is -0.0602. The third kappa shape index (κ3) is 7.27. The van der Waals surface area contributed by atoms with Crippen molar-refractivity contribution >= 4 is 17.9 Å². The van der Waals surface area contributed by atoms with Crippen LogP contribution in [0.2, 0.25) is 0 Å². The van der Waals surface area contributed by atoms with Gasteiger partial charge >= 0.3 is 0 Å². The van der Waals surface area contributed by atoms with Crippen molar-refractivity contribution in [3.05, 3.63) is 60.2 Å². The molecule has 1 heterocycles. The highest BCUT2D eigenvalue weighted by Gasteiger charge is 2.21. The molecule has 0 spiro atoms. The van der Waals surface area contributed by atoms with Crippen LogP contribution in [0.5, 0.6) is 17.2 Å². The topological polar surface area (TPSA) is 68.3 Å². The predicted octanol–water partition coefficient (Wildman–Crippen LogP) is 3.64. The highest BCUT2D eigenvalue weighted by Crippen LogP contribution is 2.29. The maximum absolute atomic E-state index is 12.6. The lowest BCUT2D eigenvalue weighted by molar-refractivity contribution is -0.136. The Kier molecular flexibility index (Phi) is 9.18. The maximum atomic E-state index is 12.6. The number of carbonyl (C=O) groups excluding carboxylic acids is 2. The second-order valence-corrected chi connectivity index (χ2v) is 7.54. The third-order valence-electron chi connectivity index (χ3n) is 5.29. The number of benzene rings is 2. The Morgan fingerprint density at radius 3 is 2.24 bits per heavy atom. The van der Waals surface area contributed by atoms with E-state index in [4.69, 9.17) is 14.2 Å². The fourth-order valence-corrected chi connectivity index (χ4v) is 3.52. The van der Waals surface area contributed by atoms with Gasteiger partial charge in [0.15, 0.2) is 11.5 Å². The van der Waals surface area contributed by atoms with E-state index in [1.807, 2.05) is 67.3 Å². The van der Waals surface area contributed by atoms with E-state index in [0.29, 0.717) is 63.9 Å². The largest absolute Gasteiger partial charge is 0.490 e. The van der Waals surface area contributed by atoms with Crippen LogP contribution in [0.25, 0.3) is 6.08 Å². The molecule has 3 rings (SSSR count). The molecule has 0 atom stereocenters. The number of carbonyl (C=O) groups is 2. The zero-order chi connectivity index (χ0) is 23.5. The average Bonchev–Trinajstić information content (AvgIpc) is 2.86. The quantitative estimate of drug-likeness (QED) is 0.407. The lowest BCUT2D eigenvalue weighted by Crippen LogP contribution is -2.50. The van der Waals surface area contributed by atoms with Crippen LogP contribution < -0.4 is 14.2 Å². The Bertz CT molecular complexity index is 937. The van der Waals surface area contributed by atoms with Crippen molar-refractivity contribution in [3.8, 4) is 17.2 Å². The van der Waals surface area contributed by atoms with Crippen molar-refractivity contribution in [2.45, 2.75) is 20.3 Å². The summed E-state index contributed by atoms with van der Waals surface area (Å²) in [6, 6.07) is 15.2. The molecule has 2 amide bonds. The number of ether oxygens (including phenoxy) is 3. The summed E-state index contributed by atoms with van der Waals surface area (Å²) in [5.74, 6) is 2.13. The number of para-hydroxylation sites is 1. The molecule has 7 heteroatoms. The van der Waals surface area contributed by atoms with Crippen molar-refractivity contribution in [1.82, 2.24) is 9.80 Å². The van der Waals surface area contributed by atoms with Crippen molar-refractivity contribution in [3.63, 3.8) is 0 Å². The molecule has 33 heavy (non-hydrogen) atoms. The van der Waals surface area contributed by atoms with Gasteiger partial charge < -0.3 is 24.0 Å². The summed E-state index contributed by atoms with van der Waals surface area (Å²) in [4.78, 5) is 27.9. The van der Waals surface area contributed by atoms with E-state index in [9.17, 15) is 9.59 Å². The first-order valence-electron chi connectivity index (χ1n) is 11.4. The Balaban J connectivity index is 1.53. The summed E-state index contributed by atoms with van der Waals surface area (Å²) < 4.78 is 17.2. The van der Waals surface area contributed by atoms with Crippen LogP contribution in [0.1, 0.15) is 25.8 Å². The van der Waals surface area contributed by atoms with Crippen LogP contribution in [-0.4, -0.2) is 67.6 Å². The smallest absolute Gasteiger partial charge is 0.246 e. The van der Waals surface area contributed by atoms with Gasteiger partial charge in [0, 0.05) is 38.7 Å². The molecule has 176 valence electrons. The molecule has 1 fully saturated rings. The van der Waals surface area contributed by atoms with Gasteiger partial charge in [-0.2, -0.15) is 0 Å². The molecule has 1 aliphatic heterocycles. The van der Waals surface area contributed by atoms with Gasteiger partial charge in [-0.1, -0.05) is 31.2 Å². The molecule has 0 aromatic heterocycles. The maximum Gasteiger partial charge on any atom is 0.246 e. The first-order valence-corrected chi connectivity index (χ1v) is 11.4. The van der Waals surface area contributed by atoms with Crippen LogP contribution in [0.4, 0.5) is 0 Å². The van der Waals surface area contributed by atoms with E-state index < -0.39 is 0 Å². The van der Waals surface area contributed by atoms with E-state index in [1.165, 1.54) is 0 Å². The van der Waals surface area contributed by atoms with E-state index >= 15 is 0 Å². The Labute approximate surface area is 195 Å². The number of nitrogens with zero attached hydrogens (tertiary/aromatic N) is 2. The van der Waals surface area contributed by atoms with Gasteiger partial charge in [0.1, 0.15) is 19.0 Å². The highest BCUT2D eigenvalue weighted by atomic mass is 16.5. The first kappa shape index (κ1) is 24.2. The van der Waals surface area contributed by atoms with Gasteiger partial charge in [0.25, 0.3) is 0 Å². The van der Waals surface area contributed by atoms with Gasteiger partial charge in [-0.05, 0) is 42.8 Å². The standard InChI is InChI=1S/C26H32N2O5/c1-3-25(29)27-14-16-28(17-15-27)26(30)13-11-21-10-12-23(24(20-21)31-4-2)33-19-18-32-22-8-6-5-7-9-22/h5-13,20H,3-4,14-19H2,1-2H3/b13-11+. The van der Waals surface area contributed by atoms with Crippen molar-refractivity contribution < 1.29 is 23.8 Å². The second-order valence-electron chi connectivity index (χ2n) is 7.54. The van der Waals surface area contributed by atoms with E-state index in [1.54, 1.807) is 17.1 Å². The molecular weight excluding hydrogens is 420 g/mol. The van der Waals surface area contributed by atoms with Gasteiger partial charge in [-0.15, -0.1) is 0 Å². The van der Waals surface area contributed by atoms with Crippen molar-refractivity contribution in [2.75, 3.05) is 46.0 Å². The van der Waals surface area contributed by atoms with Crippen LogP contribution in [0, 0.1) is 0 Å². The number of piperazine rings is 1. The molecule has 0 aliphatic carbocycles. The summed E-state index contributed by atoms with van der Waals surface area (Å²) in [6.07, 6.45) is 3.84. The summed E-state index contributed by atoms with van der Waals surface area (Å²) in [5.41, 5.74) is 0.847. The Hall–Kier alpha value is -3.48. The molecular formula is C26H32N2O5. The van der Waals surface area contributed by atoms with Gasteiger partial charge in [0.05, 0.1) is 6.61 Å². The summed E-state index contributed by atoms with van der Waals surface area (Å²) in [5, 5.41) is 0. The molecule has 0 radical (unpaired) electrons.